The Morgan fingerprint density at radius 2 is 1.69 bits per heavy atom. The number of allylic oxidation sites excluding steroid dienone is 1. The number of fused-ring (bicyclic) bond motifs is 11. The van der Waals surface area contributed by atoms with Gasteiger partial charge in [-0.1, -0.05) is 13.0 Å². The summed E-state index contributed by atoms with van der Waals surface area (Å²) in [6.07, 6.45) is -8.13. The van der Waals surface area contributed by atoms with E-state index in [0.717, 1.165) is 0 Å². The lowest BCUT2D eigenvalue weighted by Crippen LogP contribution is -2.77. The molecule has 8 rings (SSSR count). The summed E-state index contributed by atoms with van der Waals surface area (Å²) in [7, 11) is 2.43. The summed E-state index contributed by atoms with van der Waals surface area (Å²) in [6, 6.07) is 0. The number of hydrogen-bond acceptors (Lipinski definition) is 15. The van der Waals surface area contributed by atoms with Gasteiger partial charge in [0.15, 0.2) is 18.7 Å². The molecule has 2 bridgehead atoms. The minimum Gasteiger partial charge on any atom is -0.468 e. The maximum atomic E-state index is 14.1. The molecule has 3 saturated carbocycles. The highest BCUT2D eigenvalue weighted by molar-refractivity contribution is 5.88. The Kier molecular flexibility index (Phi) is 6.85. The van der Waals surface area contributed by atoms with Crippen molar-refractivity contribution in [3.63, 3.8) is 0 Å². The Bertz CT molecular complexity index is 1480. The topological polar surface area (TPSA) is 206 Å². The number of carbonyl (C=O) groups is 3. The maximum absolute atomic E-state index is 14.1. The Morgan fingerprint density at radius 1 is 0.958 bits per heavy atom. The van der Waals surface area contributed by atoms with Crippen LogP contribution in [-0.2, 0) is 52.3 Å². The third-order valence-corrected chi connectivity index (χ3v) is 14.2. The second kappa shape index (κ2) is 9.98. The molecular weight excluding hydrogens is 636 g/mol. The van der Waals surface area contributed by atoms with Crippen LogP contribution in [0.25, 0.3) is 0 Å². The minimum absolute atomic E-state index is 0.147. The number of aliphatic hydroxyl groups is 4. The fraction of sp³-hybridized carbons (Fsp3) is 0.848. The Balaban J connectivity index is 1.34. The Hall–Kier alpha value is -2.21. The van der Waals surface area contributed by atoms with Crippen LogP contribution in [0.15, 0.2) is 11.6 Å². The maximum Gasteiger partial charge on any atom is 0.335 e. The number of aliphatic hydroxyl groups excluding tert-OH is 2. The molecule has 3 aliphatic carbocycles. The van der Waals surface area contributed by atoms with Crippen LogP contribution in [0.2, 0.25) is 0 Å². The van der Waals surface area contributed by atoms with Crippen LogP contribution < -0.4 is 0 Å². The first-order valence-electron chi connectivity index (χ1n) is 16.6. The first-order chi connectivity index (χ1) is 22.6. The van der Waals surface area contributed by atoms with Gasteiger partial charge in [-0.25, -0.2) is 9.59 Å². The molecule has 266 valence electrons. The van der Waals surface area contributed by atoms with Gasteiger partial charge < -0.3 is 58.3 Å². The summed E-state index contributed by atoms with van der Waals surface area (Å²) in [5.41, 5.74) is -9.53. The number of hydrogen-bond donors (Lipinski definition) is 4. The molecule has 1 unspecified atom stereocenters. The third-order valence-electron chi connectivity index (χ3n) is 14.2. The van der Waals surface area contributed by atoms with E-state index in [1.54, 1.807) is 33.8 Å². The molecule has 4 N–H and O–H groups in total. The highest BCUT2D eigenvalue weighted by atomic mass is 16.8. The molecule has 0 radical (unpaired) electrons. The van der Waals surface area contributed by atoms with Gasteiger partial charge in [0.2, 0.25) is 0 Å². The van der Waals surface area contributed by atoms with Crippen molar-refractivity contribution >= 4 is 17.9 Å². The smallest absolute Gasteiger partial charge is 0.335 e. The van der Waals surface area contributed by atoms with E-state index in [9.17, 15) is 34.8 Å². The highest BCUT2D eigenvalue weighted by Gasteiger charge is 2.92. The molecule has 48 heavy (non-hydrogen) atoms. The highest BCUT2D eigenvalue weighted by Crippen LogP contribution is 2.79. The SMILES string of the molecule is C/C=C(\C)C(=O)O[C@@H]1C[C@H](O)[C@]23CO[C@H](C(=O)OC)[C@H]2[C@@]2(C)[C@H](O[C@]4(C)[C@H]5C[C@H](O[C@H]6O[C@H](O)CC65O)[C@]24O)[C@@H]2OC[C@@]1(C(=O)OC)[C@H]23. The van der Waals surface area contributed by atoms with Gasteiger partial charge in [-0.15, -0.1) is 0 Å². The molecule has 17 atom stereocenters. The van der Waals surface area contributed by atoms with Crippen molar-refractivity contribution in [1.29, 1.82) is 0 Å². The van der Waals surface area contributed by atoms with Crippen molar-refractivity contribution < 1.29 is 72.7 Å². The Morgan fingerprint density at radius 3 is 2.35 bits per heavy atom. The molecular formula is C33H44O15. The van der Waals surface area contributed by atoms with Crippen molar-refractivity contribution in [2.75, 3.05) is 27.4 Å². The largest absolute Gasteiger partial charge is 0.468 e. The van der Waals surface area contributed by atoms with E-state index in [4.69, 9.17) is 37.9 Å². The molecule has 15 heteroatoms. The van der Waals surface area contributed by atoms with Gasteiger partial charge in [0.1, 0.15) is 28.3 Å². The molecule has 0 amide bonds. The zero-order valence-corrected chi connectivity index (χ0v) is 27.7. The lowest BCUT2D eigenvalue weighted by molar-refractivity contribution is -0.307. The van der Waals surface area contributed by atoms with Gasteiger partial charge in [-0.2, -0.15) is 0 Å². The predicted octanol–water partition coefficient (Wildman–Crippen LogP) is -0.899. The molecule has 0 aromatic rings. The third kappa shape index (κ3) is 3.30. The van der Waals surface area contributed by atoms with Gasteiger partial charge in [0.05, 0.1) is 51.8 Å². The molecule has 15 nitrogen and oxygen atoms in total. The fourth-order valence-corrected chi connectivity index (χ4v) is 12.2. The van der Waals surface area contributed by atoms with E-state index in [-0.39, 0.29) is 32.5 Å². The van der Waals surface area contributed by atoms with Crippen LogP contribution in [0.4, 0.5) is 0 Å². The summed E-state index contributed by atoms with van der Waals surface area (Å²) in [4.78, 5) is 40.9. The standard InChI is InChI=1S/C33H44O15/c1-7-13(2)24(36)45-16-9-15(34)30-11-44-20(25(37)41-5)21(30)28(3)23(19-22(30)31(16,12-43-19)26(38)42-6)48-29(4)14-8-17(33(28,29)40)46-27-32(14,39)10-18(35)47-27/h7,14-23,27,34-35,39-40H,8-12H2,1-6H3/b13-7+/t14-,15+,16-,17+,18+,19-,20+,21+,22-,23-,27+,28+,29-,30-,31+,32?,33+/m1/s1. The van der Waals surface area contributed by atoms with Crippen molar-refractivity contribution in [2.24, 2.45) is 34.0 Å². The molecule has 8 aliphatic rings. The van der Waals surface area contributed by atoms with Crippen LogP contribution in [-0.4, -0.2) is 132 Å². The van der Waals surface area contributed by atoms with E-state index in [1.807, 2.05) is 0 Å². The normalized spacial score (nSPS) is 57.2. The van der Waals surface area contributed by atoms with Crippen molar-refractivity contribution in [1.82, 2.24) is 0 Å². The van der Waals surface area contributed by atoms with Crippen LogP contribution in [0.5, 0.6) is 0 Å². The predicted molar refractivity (Wildman–Crippen MR) is 155 cm³/mol. The van der Waals surface area contributed by atoms with Crippen molar-refractivity contribution in [2.45, 2.75) is 113 Å². The molecule has 5 saturated heterocycles. The van der Waals surface area contributed by atoms with E-state index in [1.165, 1.54) is 14.2 Å². The van der Waals surface area contributed by atoms with E-state index >= 15 is 0 Å². The van der Waals surface area contributed by atoms with Crippen LogP contribution >= 0.6 is 0 Å². The molecule has 5 aliphatic heterocycles. The van der Waals surface area contributed by atoms with E-state index < -0.39 is 118 Å². The minimum atomic E-state index is -1.95. The number of esters is 3. The number of carbonyl (C=O) groups excluding carboxylic acids is 3. The molecule has 0 aromatic carbocycles. The average molecular weight is 681 g/mol. The van der Waals surface area contributed by atoms with Gasteiger partial charge >= 0.3 is 17.9 Å². The molecule has 5 heterocycles. The first kappa shape index (κ1) is 33.0. The average Bonchev–Trinajstić information content (AvgIpc) is 3.81. The first-order valence-corrected chi connectivity index (χ1v) is 16.6. The second-order valence-electron chi connectivity index (χ2n) is 15.5. The summed E-state index contributed by atoms with van der Waals surface area (Å²) in [5, 5.41) is 48.1. The molecule has 0 aromatic heterocycles. The number of methoxy groups -OCH3 is 2. The Labute approximate surface area is 276 Å². The lowest BCUT2D eigenvalue weighted by Gasteiger charge is -2.65. The van der Waals surface area contributed by atoms with Gasteiger partial charge in [0, 0.05) is 47.0 Å². The van der Waals surface area contributed by atoms with Crippen molar-refractivity contribution in [3.8, 4) is 0 Å². The van der Waals surface area contributed by atoms with Gasteiger partial charge in [0.25, 0.3) is 0 Å². The van der Waals surface area contributed by atoms with Crippen LogP contribution in [0.3, 0.4) is 0 Å². The van der Waals surface area contributed by atoms with Crippen molar-refractivity contribution in [3.05, 3.63) is 11.6 Å². The number of ether oxygens (including phenoxy) is 8. The fourth-order valence-electron chi connectivity index (χ4n) is 12.2. The van der Waals surface area contributed by atoms with E-state index in [0.29, 0.717) is 5.57 Å². The van der Waals surface area contributed by atoms with Crippen LogP contribution in [0, 0.1) is 34.0 Å². The van der Waals surface area contributed by atoms with E-state index in [2.05, 4.69) is 0 Å². The molecule has 1 spiro atoms. The van der Waals surface area contributed by atoms with Crippen LogP contribution in [0.1, 0.15) is 47.0 Å². The summed E-state index contributed by atoms with van der Waals surface area (Å²) in [6.45, 7) is 6.20. The van der Waals surface area contributed by atoms with Gasteiger partial charge in [-0.3, -0.25) is 4.79 Å². The summed E-state index contributed by atoms with van der Waals surface area (Å²) >= 11 is 0. The zero-order chi connectivity index (χ0) is 34.6. The van der Waals surface area contributed by atoms with Gasteiger partial charge in [-0.05, 0) is 27.2 Å². The lowest BCUT2D eigenvalue weighted by atomic mass is 9.38. The molecule has 8 fully saturated rings. The second-order valence-corrected chi connectivity index (χ2v) is 15.5. The number of rotatable bonds is 4. The zero-order valence-electron chi connectivity index (χ0n) is 27.7. The summed E-state index contributed by atoms with van der Waals surface area (Å²) in [5.74, 6) is -4.99. The summed E-state index contributed by atoms with van der Waals surface area (Å²) < 4.78 is 48.3. The quantitative estimate of drug-likeness (QED) is 0.161. The monoisotopic (exact) mass is 680 g/mol.